The molecule has 2 heterocycles. The normalized spacial score (nSPS) is 26.3. The van der Waals surface area contributed by atoms with Gasteiger partial charge in [-0.25, -0.2) is 8.42 Å². The van der Waals surface area contributed by atoms with Crippen LogP contribution in [-0.4, -0.2) is 25.5 Å². The van der Waals surface area contributed by atoms with Gasteiger partial charge in [0.25, 0.3) is 0 Å². The van der Waals surface area contributed by atoms with Crippen LogP contribution < -0.4 is 4.74 Å². The Bertz CT molecular complexity index is 848. The fraction of sp³-hybridized carbons (Fsp3) is 0.222. The van der Waals surface area contributed by atoms with Crippen molar-refractivity contribution in [3.63, 3.8) is 0 Å². The zero-order chi connectivity index (χ0) is 16.0. The third kappa shape index (κ3) is 2.11. The molecule has 23 heavy (non-hydrogen) atoms. The van der Waals surface area contributed by atoms with Crippen molar-refractivity contribution in [1.29, 1.82) is 0 Å². The quantitative estimate of drug-likeness (QED) is 0.814. The SMILES string of the molecule is C=CC1CN(S(=O)(=O)c2ccccc2)[C@@H]2Oc3ccccc3[C@H]12. The largest absolute Gasteiger partial charge is 0.473 e. The van der Waals surface area contributed by atoms with Crippen molar-refractivity contribution in [3.8, 4) is 5.75 Å². The Morgan fingerprint density at radius 3 is 2.52 bits per heavy atom. The number of rotatable bonds is 3. The molecule has 2 aromatic carbocycles. The molecule has 1 fully saturated rings. The van der Waals surface area contributed by atoms with Crippen LogP contribution in [0, 0.1) is 5.92 Å². The van der Waals surface area contributed by atoms with E-state index in [0.29, 0.717) is 11.4 Å². The van der Waals surface area contributed by atoms with Gasteiger partial charge in [0.1, 0.15) is 5.75 Å². The number of fused-ring (bicyclic) bond motifs is 3. The van der Waals surface area contributed by atoms with Gasteiger partial charge in [0.2, 0.25) is 10.0 Å². The Morgan fingerprint density at radius 1 is 1.09 bits per heavy atom. The molecule has 0 spiro atoms. The van der Waals surface area contributed by atoms with Gasteiger partial charge in [-0.2, -0.15) is 4.31 Å². The molecule has 5 heteroatoms. The number of hydrogen-bond donors (Lipinski definition) is 0. The first-order valence-corrected chi connectivity index (χ1v) is 9.02. The number of para-hydroxylation sites is 1. The van der Waals surface area contributed by atoms with Crippen LogP contribution in [0.3, 0.4) is 0 Å². The summed E-state index contributed by atoms with van der Waals surface area (Å²) < 4.78 is 33.5. The summed E-state index contributed by atoms with van der Waals surface area (Å²) in [6.45, 7) is 4.28. The van der Waals surface area contributed by atoms with E-state index < -0.39 is 16.3 Å². The maximum atomic E-state index is 13.0. The third-order valence-electron chi connectivity index (χ3n) is 4.62. The molecule has 0 amide bonds. The summed E-state index contributed by atoms with van der Waals surface area (Å²) in [5.41, 5.74) is 1.06. The van der Waals surface area contributed by atoms with Crippen molar-refractivity contribution in [1.82, 2.24) is 4.31 Å². The lowest BCUT2D eigenvalue weighted by atomic mass is 9.89. The van der Waals surface area contributed by atoms with Crippen LogP contribution in [0.4, 0.5) is 0 Å². The second-order valence-electron chi connectivity index (χ2n) is 5.86. The van der Waals surface area contributed by atoms with E-state index in [-0.39, 0.29) is 11.8 Å². The van der Waals surface area contributed by atoms with Gasteiger partial charge in [-0.1, -0.05) is 42.5 Å². The molecule has 0 aliphatic carbocycles. The van der Waals surface area contributed by atoms with E-state index >= 15 is 0 Å². The lowest BCUT2D eigenvalue weighted by Crippen LogP contribution is -2.39. The minimum Gasteiger partial charge on any atom is -0.473 e. The van der Waals surface area contributed by atoms with Gasteiger partial charge in [-0.3, -0.25) is 0 Å². The highest BCUT2D eigenvalue weighted by atomic mass is 32.2. The first kappa shape index (κ1) is 14.5. The van der Waals surface area contributed by atoms with Crippen molar-refractivity contribution in [2.24, 2.45) is 5.92 Å². The average Bonchev–Trinajstić information content (AvgIpc) is 3.12. The number of benzene rings is 2. The first-order valence-electron chi connectivity index (χ1n) is 7.58. The van der Waals surface area contributed by atoms with Crippen LogP contribution >= 0.6 is 0 Å². The average molecular weight is 327 g/mol. The van der Waals surface area contributed by atoms with E-state index in [9.17, 15) is 8.42 Å². The predicted octanol–water partition coefficient (Wildman–Crippen LogP) is 3.00. The summed E-state index contributed by atoms with van der Waals surface area (Å²) in [7, 11) is -3.59. The molecule has 2 aromatic rings. The van der Waals surface area contributed by atoms with Crippen LogP contribution in [0.1, 0.15) is 11.5 Å². The highest BCUT2D eigenvalue weighted by molar-refractivity contribution is 7.89. The topological polar surface area (TPSA) is 46.6 Å². The van der Waals surface area contributed by atoms with Gasteiger partial charge in [-0.15, -0.1) is 6.58 Å². The predicted molar refractivity (Wildman–Crippen MR) is 87.6 cm³/mol. The standard InChI is InChI=1S/C18H17NO3S/c1-2-13-12-19(23(20,21)14-8-4-3-5-9-14)18-17(13)15-10-6-7-11-16(15)22-18/h2-11,13,17-18H,1,12H2/t13?,17-,18+/m0/s1. The number of ether oxygens (including phenoxy) is 1. The van der Waals surface area contributed by atoms with Crippen molar-refractivity contribution >= 4 is 10.0 Å². The van der Waals surface area contributed by atoms with E-state index in [1.807, 2.05) is 30.3 Å². The smallest absolute Gasteiger partial charge is 0.246 e. The zero-order valence-electron chi connectivity index (χ0n) is 12.5. The molecular weight excluding hydrogens is 310 g/mol. The molecule has 0 N–H and O–H groups in total. The van der Waals surface area contributed by atoms with Crippen LogP contribution in [0.15, 0.2) is 72.1 Å². The van der Waals surface area contributed by atoms with Gasteiger partial charge in [0, 0.05) is 23.9 Å². The minimum absolute atomic E-state index is 0.00203. The summed E-state index contributed by atoms with van der Waals surface area (Å²) in [4.78, 5) is 0.294. The van der Waals surface area contributed by atoms with Gasteiger partial charge < -0.3 is 4.74 Å². The molecular formula is C18H17NO3S. The van der Waals surface area contributed by atoms with Crippen LogP contribution in [0.2, 0.25) is 0 Å². The van der Waals surface area contributed by atoms with Gasteiger partial charge >= 0.3 is 0 Å². The Balaban J connectivity index is 1.77. The lowest BCUT2D eigenvalue weighted by molar-refractivity contribution is 0.130. The summed E-state index contributed by atoms with van der Waals surface area (Å²) in [5, 5.41) is 0. The molecule has 0 radical (unpaired) electrons. The Hall–Kier alpha value is -2.11. The Kier molecular flexibility index (Phi) is 3.28. The molecule has 3 atom stereocenters. The molecule has 4 nitrogen and oxygen atoms in total. The van der Waals surface area contributed by atoms with Crippen LogP contribution in [0.5, 0.6) is 5.75 Å². The lowest BCUT2D eigenvalue weighted by Gasteiger charge is -2.22. The van der Waals surface area contributed by atoms with E-state index in [1.165, 1.54) is 4.31 Å². The van der Waals surface area contributed by atoms with Crippen molar-refractivity contribution in [3.05, 3.63) is 72.8 Å². The molecule has 1 unspecified atom stereocenters. The number of hydrogen-bond acceptors (Lipinski definition) is 3. The van der Waals surface area contributed by atoms with Crippen LogP contribution in [-0.2, 0) is 10.0 Å². The molecule has 0 aromatic heterocycles. The molecule has 0 saturated carbocycles. The molecule has 2 aliphatic rings. The summed E-state index contributed by atoms with van der Waals surface area (Å²) >= 11 is 0. The minimum atomic E-state index is -3.59. The van der Waals surface area contributed by atoms with Gasteiger partial charge in [-0.05, 0) is 18.2 Å². The maximum Gasteiger partial charge on any atom is 0.246 e. The second kappa shape index (κ2) is 5.22. The molecule has 0 bridgehead atoms. The fourth-order valence-electron chi connectivity index (χ4n) is 3.51. The Morgan fingerprint density at radius 2 is 1.78 bits per heavy atom. The molecule has 2 aliphatic heterocycles. The number of sulfonamides is 1. The second-order valence-corrected chi connectivity index (χ2v) is 7.75. The van der Waals surface area contributed by atoms with Gasteiger partial charge in [0.15, 0.2) is 6.23 Å². The highest BCUT2D eigenvalue weighted by Gasteiger charge is 2.52. The highest BCUT2D eigenvalue weighted by Crippen LogP contribution is 2.49. The molecule has 118 valence electrons. The number of nitrogens with zero attached hydrogens (tertiary/aromatic N) is 1. The zero-order valence-corrected chi connectivity index (χ0v) is 13.3. The molecule has 1 saturated heterocycles. The van der Waals surface area contributed by atoms with E-state index in [1.54, 1.807) is 30.3 Å². The van der Waals surface area contributed by atoms with Crippen molar-refractivity contribution < 1.29 is 13.2 Å². The summed E-state index contributed by atoms with van der Waals surface area (Å²) in [6, 6.07) is 16.3. The van der Waals surface area contributed by atoms with Gasteiger partial charge in [0.05, 0.1) is 4.90 Å². The summed E-state index contributed by atoms with van der Waals surface area (Å²) in [5.74, 6) is 0.812. The Labute approximate surface area is 136 Å². The first-order chi connectivity index (χ1) is 11.1. The van der Waals surface area contributed by atoms with Crippen molar-refractivity contribution in [2.45, 2.75) is 17.0 Å². The van der Waals surface area contributed by atoms with E-state index in [0.717, 1.165) is 11.3 Å². The van der Waals surface area contributed by atoms with Crippen LogP contribution in [0.25, 0.3) is 0 Å². The summed E-state index contributed by atoms with van der Waals surface area (Å²) in [6.07, 6.45) is 1.34. The van der Waals surface area contributed by atoms with E-state index in [4.69, 9.17) is 4.74 Å². The van der Waals surface area contributed by atoms with Crippen molar-refractivity contribution in [2.75, 3.05) is 6.54 Å². The third-order valence-corrected chi connectivity index (χ3v) is 6.46. The maximum absolute atomic E-state index is 13.0. The molecule has 4 rings (SSSR count). The fourth-order valence-corrected chi connectivity index (χ4v) is 5.10. The monoisotopic (exact) mass is 327 g/mol. The van der Waals surface area contributed by atoms with E-state index in [2.05, 4.69) is 6.58 Å².